The summed E-state index contributed by atoms with van der Waals surface area (Å²) in [5.74, 6) is 0.403. The molecule has 118 valence electrons. The number of amides is 1. The van der Waals surface area contributed by atoms with Crippen molar-refractivity contribution >= 4 is 17.6 Å². The van der Waals surface area contributed by atoms with E-state index in [1.54, 1.807) is 60.7 Å². The van der Waals surface area contributed by atoms with Crippen LogP contribution >= 0.6 is 0 Å². The summed E-state index contributed by atoms with van der Waals surface area (Å²) in [4.78, 5) is 24.1. The maximum Gasteiger partial charge on any atom is 0.417 e. The average molecular weight is 317 g/mol. The zero-order valence-electron chi connectivity index (χ0n) is 12.8. The van der Waals surface area contributed by atoms with Crippen molar-refractivity contribution in [1.29, 1.82) is 0 Å². The summed E-state index contributed by atoms with van der Waals surface area (Å²) in [5.41, 5.74) is 1.74. The van der Waals surface area contributed by atoms with Crippen molar-refractivity contribution in [3.63, 3.8) is 0 Å². The topological polar surface area (TPSA) is 55.4 Å². The molecule has 0 radical (unpaired) electrons. The third-order valence-electron chi connectivity index (χ3n) is 3.38. The number of nitrogens with one attached hydrogen (secondary N) is 1. The van der Waals surface area contributed by atoms with Crippen molar-refractivity contribution in [3.05, 3.63) is 96.1 Å². The summed E-state index contributed by atoms with van der Waals surface area (Å²) in [6.07, 6.45) is -0.580. The fourth-order valence-electron chi connectivity index (χ4n) is 2.20. The van der Waals surface area contributed by atoms with Gasteiger partial charge in [0, 0.05) is 16.8 Å². The summed E-state index contributed by atoms with van der Waals surface area (Å²) < 4.78 is 5.15. The van der Waals surface area contributed by atoms with Crippen LogP contribution in [0.15, 0.2) is 84.9 Å². The van der Waals surface area contributed by atoms with Crippen LogP contribution in [-0.2, 0) is 0 Å². The Hall–Kier alpha value is -3.40. The largest absolute Gasteiger partial charge is 0.417 e. The molecule has 0 bridgehead atoms. The van der Waals surface area contributed by atoms with E-state index in [0.29, 0.717) is 22.6 Å². The number of carbonyl (C=O) groups is 2. The van der Waals surface area contributed by atoms with Gasteiger partial charge in [-0.2, -0.15) is 0 Å². The van der Waals surface area contributed by atoms with E-state index in [0.717, 1.165) is 0 Å². The van der Waals surface area contributed by atoms with Crippen molar-refractivity contribution in [2.45, 2.75) is 0 Å². The minimum absolute atomic E-state index is 0.0611. The number of ether oxygens (including phenoxy) is 1. The van der Waals surface area contributed by atoms with Crippen molar-refractivity contribution in [1.82, 2.24) is 0 Å². The van der Waals surface area contributed by atoms with Gasteiger partial charge in [0.15, 0.2) is 5.78 Å². The van der Waals surface area contributed by atoms with Gasteiger partial charge in [-0.3, -0.25) is 10.1 Å². The lowest BCUT2D eigenvalue weighted by Gasteiger charge is -2.07. The molecule has 4 nitrogen and oxygen atoms in total. The lowest BCUT2D eigenvalue weighted by molar-refractivity contribution is 0.103. The molecule has 3 aromatic rings. The Morgan fingerprint density at radius 3 is 1.83 bits per heavy atom. The highest BCUT2D eigenvalue weighted by Crippen LogP contribution is 2.15. The lowest BCUT2D eigenvalue weighted by atomic mass is 10.0. The second-order valence-corrected chi connectivity index (χ2v) is 5.10. The molecule has 0 aliphatic rings. The van der Waals surface area contributed by atoms with E-state index in [9.17, 15) is 9.59 Å². The first-order valence-electron chi connectivity index (χ1n) is 7.46. The Balaban J connectivity index is 1.64. The molecule has 0 aromatic heterocycles. The number of benzene rings is 3. The summed E-state index contributed by atoms with van der Waals surface area (Å²) in [6.45, 7) is 0. The van der Waals surface area contributed by atoms with Gasteiger partial charge in [0.25, 0.3) is 0 Å². The molecule has 0 saturated carbocycles. The maximum absolute atomic E-state index is 12.3. The number of para-hydroxylation sites is 1. The van der Waals surface area contributed by atoms with Crippen molar-refractivity contribution < 1.29 is 14.3 Å². The fourth-order valence-corrected chi connectivity index (χ4v) is 2.20. The van der Waals surface area contributed by atoms with Crippen LogP contribution in [0, 0.1) is 0 Å². The molecule has 1 amide bonds. The van der Waals surface area contributed by atoms with Gasteiger partial charge >= 0.3 is 6.09 Å². The van der Waals surface area contributed by atoms with Crippen LogP contribution in [0.4, 0.5) is 10.5 Å². The van der Waals surface area contributed by atoms with Gasteiger partial charge < -0.3 is 4.74 Å². The molecule has 0 aliphatic carbocycles. The SMILES string of the molecule is O=C(Nc1ccc(C(=O)c2ccccc2)cc1)Oc1ccccc1. The number of carbonyl (C=O) groups excluding carboxylic acids is 2. The fraction of sp³-hybridized carbons (Fsp3) is 0. The third-order valence-corrected chi connectivity index (χ3v) is 3.38. The van der Waals surface area contributed by atoms with Crippen LogP contribution in [0.25, 0.3) is 0 Å². The zero-order valence-corrected chi connectivity index (χ0v) is 12.8. The molecule has 24 heavy (non-hydrogen) atoms. The Bertz CT molecular complexity index is 828. The normalized spacial score (nSPS) is 10.0. The van der Waals surface area contributed by atoms with Crippen LogP contribution in [0.5, 0.6) is 5.75 Å². The molecule has 0 aliphatic heterocycles. The van der Waals surface area contributed by atoms with E-state index in [4.69, 9.17) is 4.74 Å². The lowest BCUT2D eigenvalue weighted by Crippen LogP contribution is -2.16. The van der Waals surface area contributed by atoms with E-state index in [-0.39, 0.29) is 5.78 Å². The number of hydrogen-bond donors (Lipinski definition) is 1. The van der Waals surface area contributed by atoms with Gasteiger partial charge in [-0.15, -0.1) is 0 Å². The Morgan fingerprint density at radius 2 is 1.21 bits per heavy atom. The van der Waals surface area contributed by atoms with Gasteiger partial charge in [-0.1, -0.05) is 48.5 Å². The first-order valence-corrected chi connectivity index (χ1v) is 7.46. The maximum atomic E-state index is 12.3. The summed E-state index contributed by atoms with van der Waals surface area (Å²) >= 11 is 0. The third kappa shape index (κ3) is 3.87. The van der Waals surface area contributed by atoms with Gasteiger partial charge in [0.1, 0.15) is 5.75 Å². The molecular weight excluding hydrogens is 302 g/mol. The van der Waals surface area contributed by atoms with Gasteiger partial charge in [-0.05, 0) is 36.4 Å². The Kier molecular flexibility index (Phi) is 4.68. The molecule has 1 N–H and O–H groups in total. The van der Waals surface area contributed by atoms with E-state index in [2.05, 4.69) is 5.32 Å². The quantitative estimate of drug-likeness (QED) is 0.719. The predicted octanol–water partition coefficient (Wildman–Crippen LogP) is 4.53. The van der Waals surface area contributed by atoms with Gasteiger partial charge in [0.05, 0.1) is 0 Å². The minimum Gasteiger partial charge on any atom is -0.410 e. The number of ketones is 1. The molecule has 3 aromatic carbocycles. The number of hydrogen-bond acceptors (Lipinski definition) is 3. The van der Waals surface area contributed by atoms with E-state index >= 15 is 0 Å². The molecule has 0 fully saturated rings. The predicted molar refractivity (Wildman–Crippen MR) is 92.4 cm³/mol. The molecule has 3 rings (SSSR count). The van der Waals surface area contributed by atoms with E-state index in [1.165, 1.54) is 0 Å². The Morgan fingerprint density at radius 1 is 0.667 bits per heavy atom. The van der Waals surface area contributed by atoms with Crippen LogP contribution in [0.2, 0.25) is 0 Å². The molecule has 0 spiro atoms. The average Bonchev–Trinajstić information content (AvgIpc) is 2.63. The van der Waals surface area contributed by atoms with E-state index in [1.807, 2.05) is 24.3 Å². The Labute approximate surface area is 139 Å². The number of anilines is 1. The monoisotopic (exact) mass is 317 g/mol. The van der Waals surface area contributed by atoms with Crippen molar-refractivity contribution in [3.8, 4) is 5.75 Å². The van der Waals surface area contributed by atoms with Crippen LogP contribution in [0.1, 0.15) is 15.9 Å². The van der Waals surface area contributed by atoms with E-state index < -0.39 is 6.09 Å². The minimum atomic E-state index is -0.580. The van der Waals surface area contributed by atoms with Gasteiger partial charge in [0.2, 0.25) is 0 Å². The molecule has 4 heteroatoms. The second-order valence-electron chi connectivity index (χ2n) is 5.10. The van der Waals surface area contributed by atoms with Crippen molar-refractivity contribution in [2.75, 3.05) is 5.32 Å². The summed E-state index contributed by atoms with van der Waals surface area (Å²) in [5, 5.41) is 2.62. The second kappa shape index (κ2) is 7.24. The van der Waals surface area contributed by atoms with Crippen LogP contribution < -0.4 is 10.1 Å². The highest BCUT2D eigenvalue weighted by Gasteiger charge is 2.09. The highest BCUT2D eigenvalue weighted by molar-refractivity contribution is 6.09. The summed E-state index contributed by atoms with van der Waals surface area (Å²) in [6, 6.07) is 24.5. The van der Waals surface area contributed by atoms with Crippen LogP contribution in [0.3, 0.4) is 0 Å². The molecule has 0 unspecified atom stereocenters. The van der Waals surface area contributed by atoms with Crippen molar-refractivity contribution in [2.24, 2.45) is 0 Å². The van der Waals surface area contributed by atoms with Gasteiger partial charge in [-0.25, -0.2) is 4.79 Å². The number of rotatable bonds is 4. The first kappa shape index (κ1) is 15.5. The van der Waals surface area contributed by atoms with Crippen LogP contribution in [-0.4, -0.2) is 11.9 Å². The molecule has 0 heterocycles. The first-order chi connectivity index (χ1) is 11.7. The molecule has 0 atom stereocenters. The smallest absolute Gasteiger partial charge is 0.410 e. The highest BCUT2D eigenvalue weighted by atomic mass is 16.6. The standard InChI is InChI=1S/C20H15NO3/c22-19(15-7-3-1-4-8-15)16-11-13-17(14-12-16)21-20(23)24-18-9-5-2-6-10-18/h1-14H,(H,21,23). The molecular formula is C20H15NO3. The summed E-state index contributed by atoms with van der Waals surface area (Å²) in [7, 11) is 0. The molecule has 0 saturated heterocycles. The zero-order chi connectivity index (χ0) is 16.8.